The first-order chi connectivity index (χ1) is 10.2. The van der Waals surface area contributed by atoms with Gasteiger partial charge in [0, 0.05) is 24.6 Å². The van der Waals surface area contributed by atoms with Gasteiger partial charge in [-0.05, 0) is 37.6 Å². The van der Waals surface area contributed by atoms with Crippen LogP contribution in [0.15, 0.2) is 42.7 Å². The van der Waals surface area contributed by atoms with Crippen molar-refractivity contribution in [1.82, 2.24) is 15.3 Å². The normalized spacial score (nSPS) is 11.7. The lowest BCUT2D eigenvalue weighted by molar-refractivity contribution is 0.0934. The van der Waals surface area contributed by atoms with Gasteiger partial charge in [0.05, 0.1) is 11.7 Å². The number of nitrogens with zero attached hydrogens (tertiary/aromatic N) is 2. The molecule has 0 aliphatic carbocycles. The highest BCUT2D eigenvalue weighted by Gasteiger charge is 2.13. The highest BCUT2D eigenvalue weighted by Crippen LogP contribution is 2.11. The minimum absolute atomic E-state index is 0.159. The zero-order valence-corrected chi connectivity index (χ0v) is 12.3. The monoisotopic (exact) mass is 284 g/mol. The Morgan fingerprint density at radius 3 is 2.81 bits per heavy atom. The molecule has 0 bridgehead atoms. The van der Waals surface area contributed by atoms with E-state index in [9.17, 15) is 4.79 Å². The second-order valence-electron chi connectivity index (χ2n) is 4.81. The molecular formula is C16H20N4O. The van der Waals surface area contributed by atoms with Gasteiger partial charge in [0.2, 0.25) is 0 Å². The quantitative estimate of drug-likeness (QED) is 0.856. The number of amides is 1. The largest absolute Gasteiger partial charge is 0.385 e. The topological polar surface area (TPSA) is 66.9 Å². The van der Waals surface area contributed by atoms with Gasteiger partial charge >= 0.3 is 0 Å². The summed E-state index contributed by atoms with van der Waals surface area (Å²) in [6.07, 6.45) is 4.38. The third-order valence-electron chi connectivity index (χ3n) is 3.05. The van der Waals surface area contributed by atoms with Crippen LogP contribution < -0.4 is 10.6 Å². The van der Waals surface area contributed by atoms with Crippen LogP contribution in [0.1, 0.15) is 42.5 Å². The third kappa shape index (κ3) is 4.27. The van der Waals surface area contributed by atoms with Gasteiger partial charge in [-0.15, -0.1) is 0 Å². The van der Waals surface area contributed by atoms with Crippen molar-refractivity contribution in [2.24, 2.45) is 0 Å². The number of carbonyl (C=O) groups excluding carboxylic acids is 1. The molecule has 21 heavy (non-hydrogen) atoms. The summed E-state index contributed by atoms with van der Waals surface area (Å²) in [6, 6.07) is 9.09. The molecule has 2 aromatic heterocycles. The van der Waals surface area contributed by atoms with E-state index in [2.05, 4.69) is 27.5 Å². The van der Waals surface area contributed by atoms with Gasteiger partial charge in [-0.25, -0.2) is 0 Å². The summed E-state index contributed by atoms with van der Waals surface area (Å²) < 4.78 is 0. The Labute approximate surface area is 124 Å². The summed E-state index contributed by atoms with van der Waals surface area (Å²) in [5.74, 6) is -0.201. The molecule has 5 nitrogen and oxygen atoms in total. The van der Waals surface area contributed by atoms with Gasteiger partial charge in [-0.1, -0.05) is 13.0 Å². The molecule has 0 saturated heterocycles. The molecule has 2 N–H and O–H groups in total. The van der Waals surface area contributed by atoms with Crippen LogP contribution >= 0.6 is 0 Å². The third-order valence-corrected chi connectivity index (χ3v) is 3.05. The Morgan fingerprint density at radius 1 is 1.24 bits per heavy atom. The highest BCUT2D eigenvalue weighted by atomic mass is 16.1. The van der Waals surface area contributed by atoms with Crippen molar-refractivity contribution in [3.8, 4) is 0 Å². The number of hydrogen-bond acceptors (Lipinski definition) is 4. The minimum Gasteiger partial charge on any atom is -0.385 e. The Bertz CT molecular complexity index is 586. The van der Waals surface area contributed by atoms with Gasteiger partial charge in [-0.3, -0.25) is 14.8 Å². The van der Waals surface area contributed by atoms with Gasteiger partial charge in [0.15, 0.2) is 0 Å². The summed E-state index contributed by atoms with van der Waals surface area (Å²) in [4.78, 5) is 20.6. The number of carbonyl (C=O) groups is 1. The summed E-state index contributed by atoms with van der Waals surface area (Å²) in [5, 5.41) is 6.15. The smallest absolute Gasteiger partial charge is 0.270 e. The van der Waals surface area contributed by atoms with Gasteiger partial charge < -0.3 is 10.6 Å². The molecule has 0 saturated carbocycles. The van der Waals surface area contributed by atoms with E-state index in [0.29, 0.717) is 5.69 Å². The fourth-order valence-electron chi connectivity index (χ4n) is 1.91. The van der Waals surface area contributed by atoms with Crippen molar-refractivity contribution in [1.29, 1.82) is 0 Å². The highest BCUT2D eigenvalue weighted by molar-refractivity contribution is 5.93. The Kier molecular flexibility index (Phi) is 5.26. The van der Waals surface area contributed by atoms with E-state index >= 15 is 0 Å². The van der Waals surface area contributed by atoms with Crippen LogP contribution in [0.2, 0.25) is 0 Å². The first-order valence-corrected chi connectivity index (χ1v) is 7.12. The number of nitrogens with one attached hydrogen (secondary N) is 2. The van der Waals surface area contributed by atoms with E-state index in [1.54, 1.807) is 18.5 Å². The standard InChI is InChI=1S/C16H20N4O/c1-3-8-17-13-7-10-19-15(11-13)16(21)20-12(2)14-6-4-5-9-18-14/h4-7,9-12H,3,8H2,1-2H3,(H,17,19)(H,20,21). The van der Waals surface area contributed by atoms with Crippen molar-refractivity contribution < 1.29 is 4.79 Å². The molecule has 1 amide bonds. The molecule has 5 heteroatoms. The minimum atomic E-state index is -0.201. The zero-order chi connectivity index (χ0) is 15.1. The lowest BCUT2D eigenvalue weighted by Crippen LogP contribution is -2.28. The zero-order valence-electron chi connectivity index (χ0n) is 12.3. The van der Waals surface area contributed by atoms with Crippen molar-refractivity contribution >= 4 is 11.6 Å². The van der Waals surface area contributed by atoms with Crippen LogP contribution in [0, 0.1) is 0 Å². The lowest BCUT2D eigenvalue weighted by Gasteiger charge is -2.13. The van der Waals surface area contributed by atoms with Crippen LogP contribution in [-0.4, -0.2) is 22.4 Å². The van der Waals surface area contributed by atoms with E-state index in [1.165, 1.54) is 0 Å². The molecule has 2 heterocycles. The molecule has 0 aromatic carbocycles. The van der Waals surface area contributed by atoms with Crippen LogP contribution in [-0.2, 0) is 0 Å². The average molecular weight is 284 g/mol. The SMILES string of the molecule is CCCNc1ccnc(C(=O)NC(C)c2ccccn2)c1. The van der Waals surface area contributed by atoms with Crippen LogP contribution in [0.5, 0.6) is 0 Å². The Balaban J connectivity index is 2.03. The number of aromatic nitrogens is 2. The first-order valence-electron chi connectivity index (χ1n) is 7.12. The van der Waals surface area contributed by atoms with Crippen LogP contribution in [0.25, 0.3) is 0 Å². The second kappa shape index (κ2) is 7.38. The molecule has 110 valence electrons. The van der Waals surface area contributed by atoms with Gasteiger partial charge in [-0.2, -0.15) is 0 Å². The summed E-state index contributed by atoms with van der Waals surface area (Å²) in [5.41, 5.74) is 2.13. The van der Waals surface area contributed by atoms with E-state index in [-0.39, 0.29) is 11.9 Å². The summed E-state index contributed by atoms with van der Waals surface area (Å²) >= 11 is 0. The van der Waals surface area contributed by atoms with E-state index in [1.807, 2.05) is 31.2 Å². The Morgan fingerprint density at radius 2 is 2.10 bits per heavy atom. The van der Waals surface area contributed by atoms with Crippen LogP contribution in [0.3, 0.4) is 0 Å². The van der Waals surface area contributed by atoms with Crippen molar-refractivity contribution in [2.45, 2.75) is 26.3 Å². The van der Waals surface area contributed by atoms with Gasteiger partial charge in [0.25, 0.3) is 5.91 Å². The average Bonchev–Trinajstić information content (AvgIpc) is 2.54. The number of anilines is 1. The lowest BCUT2D eigenvalue weighted by atomic mass is 10.2. The van der Waals surface area contributed by atoms with E-state index < -0.39 is 0 Å². The molecule has 0 aliphatic heterocycles. The summed E-state index contributed by atoms with van der Waals surface area (Å²) in [6.45, 7) is 4.87. The fourth-order valence-corrected chi connectivity index (χ4v) is 1.91. The number of hydrogen-bond donors (Lipinski definition) is 2. The first kappa shape index (κ1) is 15.0. The van der Waals surface area contributed by atoms with Crippen LogP contribution in [0.4, 0.5) is 5.69 Å². The maximum atomic E-state index is 12.2. The van der Waals surface area contributed by atoms with Gasteiger partial charge in [0.1, 0.15) is 5.69 Å². The van der Waals surface area contributed by atoms with Crippen molar-refractivity contribution in [2.75, 3.05) is 11.9 Å². The number of pyridine rings is 2. The molecule has 2 aromatic rings. The van der Waals surface area contributed by atoms with Crippen molar-refractivity contribution in [3.63, 3.8) is 0 Å². The molecule has 0 spiro atoms. The van der Waals surface area contributed by atoms with E-state index in [0.717, 1.165) is 24.3 Å². The molecule has 0 radical (unpaired) electrons. The predicted molar refractivity (Wildman–Crippen MR) is 83.1 cm³/mol. The summed E-state index contributed by atoms with van der Waals surface area (Å²) in [7, 11) is 0. The molecule has 0 fully saturated rings. The maximum absolute atomic E-state index is 12.2. The molecule has 1 atom stereocenters. The molecular weight excluding hydrogens is 264 g/mol. The predicted octanol–water partition coefficient (Wildman–Crippen LogP) is 2.79. The maximum Gasteiger partial charge on any atom is 0.270 e. The van der Waals surface area contributed by atoms with E-state index in [4.69, 9.17) is 0 Å². The Hall–Kier alpha value is -2.43. The molecule has 0 aliphatic rings. The molecule has 2 rings (SSSR count). The molecule has 1 unspecified atom stereocenters. The van der Waals surface area contributed by atoms with Crippen molar-refractivity contribution in [3.05, 3.63) is 54.1 Å². The fraction of sp³-hybridized carbons (Fsp3) is 0.312. The second-order valence-corrected chi connectivity index (χ2v) is 4.81. The number of rotatable bonds is 6.